The fourth-order valence-corrected chi connectivity index (χ4v) is 2.48. The number of nitrogens with one attached hydrogen (secondary N) is 1. The molecule has 4 heteroatoms. The van der Waals surface area contributed by atoms with Crippen LogP contribution in [0.4, 0.5) is 4.39 Å². The van der Waals surface area contributed by atoms with Gasteiger partial charge in [0.1, 0.15) is 5.82 Å². The highest BCUT2D eigenvalue weighted by Gasteiger charge is 2.15. The van der Waals surface area contributed by atoms with E-state index in [1.165, 1.54) is 6.07 Å². The monoisotopic (exact) mass is 286 g/mol. The maximum atomic E-state index is 13.1. The van der Waals surface area contributed by atoms with E-state index in [9.17, 15) is 4.39 Å². The predicted octanol–water partition coefficient (Wildman–Crippen LogP) is 2.38. The molecular formula is C12H16BrFN2. The molecular weight excluding hydrogens is 271 g/mol. The molecule has 88 valence electrons. The summed E-state index contributed by atoms with van der Waals surface area (Å²) >= 11 is 3.22. The predicted molar refractivity (Wildman–Crippen MR) is 66.8 cm³/mol. The molecule has 1 heterocycles. The van der Waals surface area contributed by atoms with Crippen LogP contribution in [0.1, 0.15) is 12.5 Å². The highest BCUT2D eigenvalue weighted by Crippen LogP contribution is 2.18. The summed E-state index contributed by atoms with van der Waals surface area (Å²) in [5.41, 5.74) is 1.15. The molecule has 0 saturated carbocycles. The largest absolute Gasteiger partial charge is 0.312 e. The van der Waals surface area contributed by atoms with Gasteiger partial charge in [0.15, 0.2) is 0 Å². The molecule has 1 saturated heterocycles. The maximum absolute atomic E-state index is 13.1. The lowest BCUT2D eigenvalue weighted by atomic mass is 10.1. The fourth-order valence-electron chi connectivity index (χ4n) is 2.05. The van der Waals surface area contributed by atoms with Gasteiger partial charge in [-0.3, -0.25) is 4.90 Å². The minimum atomic E-state index is -0.197. The molecule has 1 aromatic carbocycles. The second kappa shape index (κ2) is 5.25. The summed E-state index contributed by atoms with van der Waals surface area (Å²) in [4.78, 5) is 2.39. The summed E-state index contributed by atoms with van der Waals surface area (Å²) in [5, 5.41) is 3.41. The number of nitrogens with zero attached hydrogens (tertiary/aromatic N) is 1. The van der Waals surface area contributed by atoms with E-state index in [0.29, 0.717) is 10.5 Å². The third-order valence-electron chi connectivity index (χ3n) is 2.84. The van der Waals surface area contributed by atoms with Crippen LogP contribution in [-0.4, -0.2) is 30.6 Å². The first-order valence-electron chi connectivity index (χ1n) is 5.55. The number of hydrogen-bond donors (Lipinski definition) is 1. The molecule has 1 atom stereocenters. The zero-order valence-electron chi connectivity index (χ0n) is 9.34. The zero-order chi connectivity index (χ0) is 11.5. The molecule has 0 radical (unpaired) electrons. The lowest BCUT2D eigenvalue weighted by Gasteiger charge is -2.31. The average Bonchev–Trinajstić information content (AvgIpc) is 2.24. The van der Waals surface area contributed by atoms with Gasteiger partial charge in [-0.1, -0.05) is 6.07 Å². The Hall–Kier alpha value is -0.450. The van der Waals surface area contributed by atoms with E-state index in [-0.39, 0.29) is 5.82 Å². The number of piperazine rings is 1. The molecule has 1 fully saturated rings. The van der Waals surface area contributed by atoms with Gasteiger partial charge in [0.2, 0.25) is 0 Å². The standard InChI is InChI=1S/C12H16BrFN2/c1-9-7-16(5-4-15-9)8-10-2-3-12(14)11(13)6-10/h2-3,6,9,15H,4-5,7-8H2,1H3/t9-/m1/s1. The third kappa shape index (κ3) is 3.03. The van der Waals surface area contributed by atoms with Gasteiger partial charge in [0, 0.05) is 32.2 Å². The first-order chi connectivity index (χ1) is 7.65. The molecule has 2 rings (SSSR count). The second-order valence-corrected chi connectivity index (χ2v) is 5.19. The van der Waals surface area contributed by atoms with Crippen LogP contribution in [0, 0.1) is 5.82 Å². The van der Waals surface area contributed by atoms with Gasteiger partial charge in [-0.15, -0.1) is 0 Å². The summed E-state index contributed by atoms with van der Waals surface area (Å²) in [6.45, 7) is 6.22. The molecule has 0 bridgehead atoms. The normalized spacial score (nSPS) is 22.3. The van der Waals surface area contributed by atoms with Gasteiger partial charge < -0.3 is 5.32 Å². The molecule has 0 aliphatic carbocycles. The first kappa shape index (κ1) is 12.0. The summed E-state index contributed by atoms with van der Waals surface area (Å²) in [6.07, 6.45) is 0. The molecule has 16 heavy (non-hydrogen) atoms. The summed E-state index contributed by atoms with van der Waals surface area (Å²) in [6, 6.07) is 5.78. The first-order valence-corrected chi connectivity index (χ1v) is 6.34. The van der Waals surface area contributed by atoms with Gasteiger partial charge in [0.25, 0.3) is 0 Å². The van der Waals surface area contributed by atoms with Gasteiger partial charge in [-0.05, 0) is 40.5 Å². The van der Waals surface area contributed by atoms with Crippen molar-refractivity contribution in [3.63, 3.8) is 0 Å². The van der Waals surface area contributed by atoms with Crippen molar-refractivity contribution in [3.05, 3.63) is 34.1 Å². The Kier molecular flexibility index (Phi) is 3.95. The molecule has 1 aliphatic heterocycles. The van der Waals surface area contributed by atoms with Crippen LogP contribution in [0.25, 0.3) is 0 Å². The molecule has 0 aromatic heterocycles. The van der Waals surface area contributed by atoms with E-state index in [2.05, 4.69) is 33.1 Å². The lowest BCUT2D eigenvalue weighted by Crippen LogP contribution is -2.48. The van der Waals surface area contributed by atoms with Gasteiger partial charge in [-0.25, -0.2) is 4.39 Å². The Morgan fingerprint density at radius 1 is 1.56 bits per heavy atom. The van der Waals surface area contributed by atoms with Crippen LogP contribution < -0.4 is 5.32 Å². The maximum Gasteiger partial charge on any atom is 0.137 e. The van der Waals surface area contributed by atoms with Crippen LogP contribution in [0.15, 0.2) is 22.7 Å². The molecule has 0 spiro atoms. The highest BCUT2D eigenvalue weighted by molar-refractivity contribution is 9.10. The van der Waals surface area contributed by atoms with Crippen LogP contribution >= 0.6 is 15.9 Å². The van der Waals surface area contributed by atoms with Crippen molar-refractivity contribution in [2.24, 2.45) is 0 Å². The van der Waals surface area contributed by atoms with Crippen LogP contribution in [-0.2, 0) is 6.54 Å². The molecule has 1 aromatic rings. The number of benzene rings is 1. The minimum Gasteiger partial charge on any atom is -0.312 e. The Bertz CT molecular complexity index is 370. The number of rotatable bonds is 2. The van der Waals surface area contributed by atoms with Gasteiger partial charge in [-0.2, -0.15) is 0 Å². The average molecular weight is 287 g/mol. The quantitative estimate of drug-likeness (QED) is 0.898. The van der Waals surface area contributed by atoms with Crippen LogP contribution in [0.5, 0.6) is 0 Å². The van der Waals surface area contributed by atoms with E-state index in [1.807, 2.05) is 12.1 Å². The molecule has 1 N–H and O–H groups in total. The molecule has 2 nitrogen and oxygen atoms in total. The van der Waals surface area contributed by atoms with Crippen molar-refractivity contribution in [2.45, 2.75) is 19.5 Å². The van der Waals surface area contributed by atoms with Gasteiger partial charge >= 0.3 is 0 Å². The van der Waals surface area contributed by atoms with Crippen LogP contribution in [0.3, 0.4) is 0 Å². The number of halogens is 2. The SMILES string of the molecule is C[C@@H]1CN(Cc2ccc(F)c(Br)c2)CCN1. The summed E-state index contributed by atoms with van der Waals surface area (Å²) < 4.78 is 13.6. The van der Waals surface area contributed by atoms with E-state index in [0.717, 1.165) is 31.7 Å². The summed E-state index contributed by atoms with van der Waals surface area (Å²) in [7, 11) is 0. The molecule has 0 unspecified atom stereocenters. The van der Waals surface area contributed by atoms with Crippen molar-refractivity contribution in [3.8, 4) is 0 Å². The van der Waals surface area contributed by atoms with E-state index >= 15 is 0 Å². The van der Waals surface area contributed by atoms with Crippen molar-refractivity contribution in [1.82, 2.24) is 10.2 Å². The van der Waals surface area contributed by atoms with E-state index < -0.39 is 0 Å². The topological polar surface area (TPSA) is 15.3 Å². The minimum absolute atomic E-state index is 0.197. The Morgan fingerprint density at radius 3 is 3.06 bits per heavy atom. The Labute approximate surface area is 104 Å². The third-order valence-corrected chi connectivity index (χ3v) is 3.45. The van der Waals surface area contributed by atoms with Crippen molar-refractivity contribution in [1.29, 1.82) is 0 Å². The Balaban J connectivity index is 2.00. The fraction of sp³-hybridized carbons (Fsp3) is 0.500. The summed E-state index contributed by atoms with van der Waals surface area (Å²) in [5.74, 6) is -0.197. The molecule has 0 amide bonds. The Morgan fingerprint density at radius 2 is 2.38 bits per heavy atom. The van der Waals surface area contributed by atoms with E-state index in [1.54, 1.807) is 0 Å². The van der Waals surface area contributed by atoms with Crippen LogP contribution in [0.2, 0.25) is 0 Å². The van der Waals surface area contributed by atoms with Crippen molar-refractivity contribution < 1.29 is 4.39 Å². The molecule has 1 aliphatic rings. The van der Waals surface area contributed by atoms with Crippen molar-refractivity contribution >= 4 is 15.9 Å². The number of hydrogen-bond acceptors (Lipinski definition) is 2. The van der Waals surface area contributed by atoms with E-state index in [4.69, 9.17) is 0 Å². The lowest BCUT2D eigenvalue weighted by molar-refractivity contribution is 0.199. The highest BCUT2D eigenvalue weighted by atomic mass is 79.9. The van der Waals surface area contributed by atoms with Gasteiger partial charge in [0.05, 0.1) is 4.47 Å². The second-order valence-electron chi connectivity index (χ2n) is 4.34. The smallest absolute Gasteiger partial charge is 0.137 e. The zero-order valence-corrected chi connectivity index (χ0v) is 10.9. The van der Waals surface area contributed by atoms with Crippen molar-refractivity contribution in [2.75, 3.05) is 19.6 Å².